The number of ether oxygens (including phenoxy) is 1. The number of nitrogens with zero attached hydrogens (tertiary/aromatic N) is 1. The van der Waals surface area contributed by atoms with Gasteiger partial charge in [-0.3, -0.25) is 4.79 Å². The molecule has 1 aliphatic carbocycles. The number of benzene rings is 1. The van der Waals surface area contributed by atoms with E-state index in [1.54, 1.807) is 6.92 Å². The fraction of sp³-hybridized carbons (Fsp3) is 0.350. The third-order valence-electron chi connectivity index (χ3n) is 4.72. The molecule has 146 valence electrons. The molecule has 2 aromatic heterocycles. The molecule has 0 radical (unpaired) electrons. The highest BCUT2D eigenvalue weighted by molar-refractivity contribution is 8.00. The van der Waals surface area contributed by atoms with Crippen LogP contribution in [-0.4, -0.2) is 29.2 Å². The van der Waals surface area contributed by atoms with Crippen LogP contribution in [0.2, 0.25) is 0 Å². The van der Waals surface area contributed by atoms with Gasteiger partial charge in [-0.25, -0.2) is 9.78 Å². The molecule has 4 rings (SSSR count). The normalized spacial score (nSPS) is 14.5. The number of hydrogen-bond donors (Lipinski definition) is 1. The molecule has 3 aromatic rings. The highest BCUT2D eigenvalue weighted by Gasteiger charge is 2.28. The van der Waals surface area contributed by atoms with Crippen LogP contribution in [0.1, 0.15) is 40.6 Å². The van der Waals surface area contributed by atoms with E-state index in [2.05, 4.69) is 10.3 Å². The second-order valence-electron chi connectivity index (χ2n) is 6.60. The number of para-hydroxylation sites is 2. The number of thioether (sulfide) groups is 1. The van der Waals surface area contributed by atoms with E-state index < -0.39 is 11.2 Å². The van der Waals surface area contributed by atoms with Crippen molar-refractivity contribution in [3.63, 3.8) is 0 Å². The summed E-state index contributed by atoms with van der Waals surface area (Å²) >= 11 is 2.73. The molecule has 28 heavy (non-hydrogen) atoms. The van der Waals surface area contributed by atoms with Crippen molar-refractivity contribution in [2.24, 2.45) is 0 Å². The number of rotatable bonds is 5. The van der Waals surface area contributed by atoms with E-state index in [-0.39, 0.29) is 5.91 Å². The van der Waals surface area contributed by atoms with Gasteiger partial charge in [0.1, 0.15) is 10.5 Å². The van der Waals surface area contributed by atoms with Crippen molar-refractivity contribution in [1.29, 1.82) is 0 Å². The lowest BCUT2D eigenvalue weighted by atomic mass is 9.95. The molecule has 6 nitrogen and oxygen atoms in total. The standard InChI is InChI=1S/C20H20N2O4S2/c1-11(27-20-21-13-8-4-5-9-14(13)26-20)17(23)22-18-16(19(24)25-2)12-7-3-6-10-15(12)28-18/h4-5,8-9,11H,3,6-7,10H2,1-2H3,(H,22,23). The molecule has 8 heteroatoms. The first kappa shape index (κ1) is 19.0. The molecule has 1 aliphatic rings. The number of thiophene rings is 1. The number of hydrogen-bond acceptors (Lipinski definition) is 7. The van der Waals surface area contributed by atoms with Gasteiger partial charge in [0, 0.05) is 4.88 Å². The van der Waals surface area contributed by atoms with Gasteiger partial charge in [-0.05, 0) is 50.3 Å². The van der Waals surface area contributed by atoms with Gasteiger partial charge in [0.05, 0.1) is 17.9 Å². The lowest BCUT2D eigenvalue weighted by molar-refractivity contribution is -0.115. The zero-order chi connectivity index (χ0) is 19.7. The van der Waals surface area contributed by atoms with Gasteiger partial charge < -0.3 is 14.5 Å². The minimum Gasteiger partial charge on any atom is -0.465 e. The van der Waals surface area contributed by atoms with Gasteiger partial charge in [-0.15, -0.1) is 11.3 Å². The monoisotopic (exact) mass is 416 g/mol. The van der Waals surface area contributed by atoms with Gasteiger partial charge in [-0.2, -0.15) is 0 Å². The molecular weight excluding hydrogens is 396 g/mol. The number of anilines is 1. The van der Waals surface area contributed by atoms with Gasteiger partial charge in [0.15, 0.2) is 5.58 Å². The molecule has 1 N–H and O–H groups in total. The quantitative estimate of drug-likeness (QED) is 0.481. The van der Waals surface area contributed by atoms with Crippen LogP contribution in [0.5, 0.6) is 0 Å². The van der Waals surface area contributed by atoms with Crippen LogP contribution < -0.4 is 5.32 Å². The third kappa shape index (κ3) is 3.66. The van der Waals surface area contributed by atoms with Crippen molar-refractivity contribution < 1.29 is 18.7 Å². The zero-order valence-electron chi connectivity index (χ0n) is 15.6. The topological polar surface area (TPSA) is 81.4 Å². The molecule has 1 aromatic carbocycles. The summed E-state index contributed by atoms with van der Waals surface area (Å²) in [5.41, 5.74) is 2.99. The van der Waals surface area contributed by atoms with Gasteiger partial charge in [-0.1, -0.05) is 23.9 Å². The smallest absolute Gasteiger partial charge is 0.341 e. The van der Waals surface area contributed by atoms with E-state index in [1.807, 2.05) is 24.3 Å². The molecule has 0 fully saturated rings. The molecule has 0 saturated heterocycles. The average Bonchev–Trinajstić information content (AvgIpc) is 3.27. The summed E-state index contributed by atoms with van der Waals surface area (Å²) in [5.74, 6) is -0.593. The number of aryl methyl sites for hydroxylation is 1. The Labute approximate surface area is 170 Å². The number of nitrogens with one attached hydrogen (secondary N) is 1. The minimum atomic E-state index is -0.433. The number of carbonyl (C=O) groups excluding carboxylic acids is 2. The summed E-state index contributed by atoms with van der Waals surface area (Å²) in [7, 11) is 1.37. The molecule has 1 atom stereocenters. The first-order chi connectivity index (χ1) is 13.6. The summed E-state index contributed by atoms with van der Waals surface area (Å²) in [6.07, 6.45) is 3.93. The summed E-state index contributed by atoms with van der Waals surface area (Å²) < 4.78 is 10.6. The number of methoxy groups -OCH3 is 1. The largest absolute Gasteiger partial charge is 0.465 e. The first-order valence-corrected chi connectivity index (χ1v) is 10.8. The third-order valence-corrected chi connectivity index (χ3v) is 6.87. The zero-order valence-corrected chi connectivity index (χ0v) is 17.2. The van der Waals surface area contributed by atoms with Crippen molar-refractivity contribution in [1.82, 2.24) is 4.98 Å². The van der Waals surface area contributed by atoms with Crippen molar-refractivity contribution in [3.05, 3.63) is 40.3 Å². The number of oxazole rings is 1. The van der Waals surface area contributed by atoms with Gasteiger partial charge >= 0.3 is 5.97 Å². The average molecular weight is 417 g/mol. The van der Waals surface area contributed by atoms with E-state index in [9.17, 15) is 9.59 Å². The first-order valence-electron chi connectivity index (χ1n) is 9.12. The van der Waals surface area contributed by atoms with Crippen LogP contribution in [0.4, 0.5) is 5.00 Å². The fourth-order valence-electron chi connectivity index (χ4n) is 3.29. The second kappa shape index (κ2) is 7.97. The maximum absolute atomic E-state index is 12.8. The van der Waals surface area contributed by atoms with Crippen molar-refractivity contribution in [2.75, 3.05) is 12.4 Å². The highest BCUT2D eigenvalue weighted by Crippen LogP contribution is 2.39. The fourth-order valence-corrected chi connectivity index (χ4v) is 5.33. The summed E-state index contributed by atoms with van der Waals surface area (Å²) in [6.45, 7) is 1.79. The van der Waals surface area contributed by atoms with E-state index in [4.69, 9.17) is 9.15 Å². The Balaban J connectivity index is 1.52. The molecule has 0 aliphatic heterocycles. The number of amides is 1. The minimum absolute atomic E-state index is 0.198. The lowest BCUT2D eigenvalue weighted by Crippen LogP contribution is -2.23. The maximum atomic E-state index is 12.8. The Morgan fingerprint density at radius 1 is 1.29 bits per heavy atom. The van der Waals surface area contributed by atoms with E-state index in [0.717, 1.165) is 36.8 Å². The molecule has 0 spiro atoms. The van der Waals surface area contributed by atoms with Crippen molar-refractivity contribution in [3.8, 4) is 0 Å². The maximum Gasteiger partial charge on any atom is 0.341 e. The second-order valence-corrected chi connectivity index (χ2v) is 9.00. The van der Waals surface area contributed by atoms with Crippen LogP contribution in [0, 0.1) is 0 Å². The van der Waals surface area contributed by atoms with Crippen LogP contribution in [-0.2, 0) is 22.4 Å². The summed E-state index contributed by atoms with van der Waals surface area (Å²) in [4.78, 5) is 30.6. The van der Waals surface area contributed by atoms with Gasteiger partial charge in [0.25, 0.3) is 5.22 Å². The van der Waals surface area contributed by atoms with Crippen LogP contribution in [0.15, 0.2) is 33.9 Å². The Morgan fingerprint density at radius 3 is 2.86 bits per heavy atom. The van der Waals surface area contributed by atoms with E-state index in [0.29, 0.717) is 21.4 Å². The summed E-state index contributed by atoms with van der Waals surface area (Å²) in [6, 6.07) is 7.48. The highest BCUT2D eigenvalue weighted by atomic mass is 32.2. The molecular formula is C20H20N2O4S2. The Morgan fingerprint density at radius 2 is 2.07 bits per heavy atom. The number of esters is 1. The molecule has 1 unspecified atom stereocenters. The van der Waals surface area contributed by atoms with Crippen LogP contribution >= 0.6 is 23.1 Å². The Kier molecular flexibility index (Phi) is 5.41. The molecule has 0 bridgehead atoms. The van der Waals surface area contributed by atoms with Crippen molar-refractivity contribution >= 4 is 51.1 Å². The van der Waals surface area contributed by atoms with Gasteiger partial charge in [0.2, 0.25) is 5.91 Å². The van der Waals surface area contributed by atoms with Crippen LogP contribution in [0.25, 0.3) is 11.1 Å². The van der Waals surface area contributed by atoms with E-state index in [1.165, 1.54) is 35.1 Å². The number of carbonyl (C=O) groups is 2. The molecule has 0 saturated carbocycles. The predicted molar refractivity (Wildman–Crippen MR) is 110 cm³/mol. The Hall–Kier alpha value is -2.32. The van der Waals surface area contributed by atoms with E-state index >= 15 is 0 Å². The number of fused-ring (bicyclic) bond motifs is 2. The SMILES string of the molecule is COC(=O)c1c(NC(=O)C(C)Sc2nc3ccccc3o2)sc2c1CCCC2. The number of aromatic nitrogens is 1. The Bertz CT molecular complexity index is 1010. The summed E-state index contributed by atoms with van der Waals surface area (Å²) in [5, 5.41) is 3.52. The lowest BCUT2D eigenvalue weighted by Gasteiger charge is -2.12. The van der Waals surface area contributed by atoms with Crippen molar-refractivity contribution in [2.45, 2.75) is 43.1 Å². The molecule has 1 amide bonds. The predicted octanol–water partition coefficient (Wildman–Crippen LogP) is 4.67. The van der Waals surface area contributed by atoms with Crippen LogP contribution in [0.3, 0.4) is 0 Å². The molecule has 2 heterocycles.